The number of ether oxygens (including phenoxy) is 1. The number of nitrogens with zero attached hydrogens (tertiary/aromatic N) is 1. The Hall–Kier alpha value is -1.63. The van der Waals surface area contributed by atoms with Gasteiger partial charge in [-0.1, -0.05) is 13.8 Å². The van der Waals surface area contributed by atoms with Gasteiger partial charge in [-0.05, 0) is 34.8 Å². The smallest absolute Gasteiger partial charge is 0.273 e. The maximum absolute atomic E-state index is 10.7. The first kappa shape index (κ1) is 16.4. The van der Waals surface area contributed by atoms with E-state index in [9.17, 15) is 10.1 Å². The van der Waals surface area contributed by atoms with Crippen LogP contribution in [0, 0.1) is 20.9 Å². The first-order valence-corrected chi connectivity index (χ1v) is 6.94. The Kier molecular flexibility index (Phi) is 5.50. The van der Waals surface area contributed by atoms with Gasteiger partial charge in [0.25, 0.3) is 5.69 Å². The van der Waals surface area contributed by atoms with Crippen LogP contribution in [0.1, 0.15) is 26.7 Å². The molecule has 0 heterocycles. The normalized spacial score (nSPS) is 11.2. The fourth-order valence-corrected chi connectivity index (χ4v) is 1.91. The summed E-state index contributed by atoms with van der Waals surface area (Å²) in [4.78, 5) is 10.2. The van der Waals surface area contributed by atoms with Gasteiger partial charge in [0, 0.05) is 11.5 Å². The molecule has 0 unspecified atom stereocenters. The molecule has 0 aliphatic heterocycles. The Labute approximate surface area is 126 Å². The average molecular weight is 344 g/mol. The molecule has 0 spiro atoms. The first-order valence-electron chi connectivity index (χ1n) is 6.15. The van der Waals surface area contributed by atoms with Crippen LogP contribution in [0.4, 0.5) is 5.69 Å². The van der Waals surface area contributed by atoms with Crippen LogP contribution >= 0.6 is 15.9 Å². The lowest BCUT2D eigenvalue weighted by Gasteiger charge is -2.22. The molecule has 0 fully saturated rings. The summed E-state index contributed by atoms with van der Waals surface area (Å²) in [5.74, 6) is 0.592. The zero-order valence-electron chi connectivity index (χ0n) is 11.5. The van der Waals surface area contributed by atoms with Crippen LogP contribution in [0.15, 0.2) is 22.7 Å². The van der Waals surface area contributed by atoms with Crippen molar-refractivity contribution in [2.45, 2.75) is 26.7 Å². The lowest BCUT2D eigenvalue weighted by molar-refractivity contribution is -0.385. The Morgan fingerprint density at radius 3 is 2.75 bits per heavy atom. The van der Waals surface area contributed by atoms with Crippen molar-refractivity contribution < 1.29 is 9.66 Å². The zero-order chi connectivity index (χ0) is 15.3. The van der Waals surface area contributed by atoms with Crippen molar-refractivity contribution in [3.63, 3.8) is 0 Å². The van der Waals surface area contributed by atoms with E-state index in [0.29, 0.717) is 23.2 Å². The number of halogens is 1. The molecule has 3 N–H and O–H groups in total. The van der Waals surface area contributed by atoms with Gasteiger partial charge in [0.2, 0.25) is 0 Å². The second-order valence-electron chi connectivity index (χ2n) is 5.12. The van der Waals surface area contributed by atoms with E-state index in [1.165, 1.54) is 12.1 Å². The van der Waals surface area contributed by atoms with Crippen molar-refractivity contribution in [2.75, 3.05) is 6.61 Å². The summed E-state index contributed by atoms with van der Waals surface area (Å²) in [6.45, 7) is 4.22. The number of nitrogens with two attached hydrogens (primary N) is 1. The fraction of sp³-hybridized carbons (Fsp3) is 0.462. The van der Waals surface area contributed by atoms with Gasteiger partial charge in [0.1, 0.15) is 5.75 Å². The average Bonchev–Trinajstić information content (AvgIpc) is 2.36. The number of amidine groups is 1. The minimum atomic E-state index is -0.460. The maximum Gasteiger partial charge on any atom is 0.273 e. The highest BCUT2D eigenvalue weighted by atomic mass is 79.9. The van der Waals surface area contributed by atoms with E-state index in [0.717, 1.165) is 6.42 Å². The van der Waals surface area contributed by atoms with E-state index in [1.54, 1.807) is 6.07 Å². The maximum atomic E-state index is 10.7. The van der Waals surface area contributed by atoms with E-state index in [4.69, 9.17) is 15.9 Å². The second-order valence-corrected chi connectivity index (χ2v) is 5.98. The minimum Gasteiger partial charge on any atom is -0.492 e. The summed E-state index contributed by atoms with van der Waals surface area (Å²) in [7, 11) is 0. The third-order valence-electron chi connectivity index (χ3n) is 3.06. The number of nitro benzene ring substituents is 1. The second kappa shape index (κ2) is 6.69. The predicted molar refractivity (Wildman–Crippen MR) is 81.2 cm³/mol. The van der Waals surface area contributed by atoms with E-state index in [1.807, 2.05) is 13.8 Å². The van der Waals surface area contributed by atoms with Crippen LogP contribution in [0.2, 0.25) is 0 Å². The monoisotopic (exact) mass is 343 g/mol. The molecule has 110 valence electrons. The van der Waals surface area contributed by atoms with Crippen molar-refractivity contribution >= 4 is 27.5 Å². The summed E-state index contributed by atoms with van der Waals surface area (Å²) in [5.41, 5.74) is 5.14. The molecule has 0 amide bonds. The molecule has 20 heavy (non-hydrogen) atoms. The van der Waals surface area contributed by atoms with Gasteiger partial charge < -0.3 is 10.5 Å². The lowest BCUT2D eigenvalue weighted by Crippen LogP contribution is -2.31. The molecule has 0 atom stereocenters. The summed E-state index contributed by atoms with van der Waals surface area (Å²) >= 11 is 3.29. The van der Waals surface area contributed by atoms with Gasteiger partial charge in [-0.2, -0.15) is 0 Å². The van der Waals surface area contributed by atoms with Crippen LogP contribution < -0.4 is 10.5 Å². The summed E-state index contributed by atoms with van der Waals surface area (Å²) < 4.78 is 6.22. The molecule has 0 saturated heterocycles. The summed E-state index contributed by atoms with van der Waals surface area (Å²) in [6, 6.07) is 4.39. The van der Waals surface area contributed by atoms with Crippen molar-refractivity contribution in [1.29, 1.82) is 5.41 Å². The van der Waals surface area contributed by atoms with Crippen LogP contribution in [0.5, 0.6) is 5.75 Å². The Bertz CT molecular complexity index is 518. The molecule has 0 radical (unpaired) electrons. The molecule has 6 nitrogen and oxygen atoms in total. The molecule has 0 bridgehead atoms. The summed E-state index contributed by atoms with van der Waals surface area (Å²) in [5, 5.41) is 18.2. The highest BCUT2D eigenvalue weighted by Crippen LogP contribution is 2.30. The highest BCUT2D eigenvalue weighted by molar-refractivity contribution is 9.10. The fourth-order valence-electron chi connectivity index (χ4n) is 1.55. The van der Waals surface area contributed by atoms with E-state index in [-0.39, 0.29) is 16.9 Å². The quantitative estimate of drug-likeness (QED) is 0.260. The van der Waals surface area contributed by atoms with Crippen molar-refractivity contribution in [3.8, 4) is 5.75 Å². The molecule has 0 saturated carbocycles. The summed E-state index contributed by atoms with van der Waals surface area (Å²) in [6.07, 6.45) is 1.43. The number of rotatable bonds is 7. The molecule has 0 aliphatic rings. The molecule has 0 aliphatic carbocycles. The van der Waals surface area contributed by atoms with Crippen LogP contribution in [0.3, 0.4) is 0 Å². The number of hydrogen-bond donors (Lipinski definition) is 2. The van der Waals surface area contributed by atoms with Crippen molar-refractivity contribution in [2.24, 2.45) is 11.1 Å². The van der Waals surface area contributed by atoms with Gasteiger partial charge in [-0.15, -0.1) is 0 Å². The standard InChI is InChI=1S/C13H18BrN3O3/c1-13(2,12(15)16)6-3-7-20-11-8-9(17(18)19)4-5-10(11)14/h4-5,8H,3,6-7H2,1-2H3,(H3,15,16). The highest BCUT2D eigenvalue weighted by Gasteiger charge is 2.21. The number of nitro groups is 1. The van der Waals surface area contributed by atoms with Gasteiger partial charge in [0.05, 0.1) is 27.9 Å². The van der Waals surface area contributed by atoms with Crippen LogP contribution in [0.25, 0.3) is 0 Å². The third-order valence-corrected chi connectivity index (χ3v) is 3.71. The van der Waals surface area contributed by atoms with E-state index >= 15 is 0 Å². The number of hydrogen-bond acceptors (Lipinski definition) is 4. The van der Waals surface area contributed by atoms with E-state index in [2.05, 4.69) is 15.9 Å². The Morgan fingerprint density at radius 2 is 2.20 bits per heavy atom. The van der Waals surface area contributed by atoms with E-state index < -0.39 is 4.92 Å². The first-order chi connectivity index (χ1) is 9.24. The lowest BCUT2D eigenvalue weighted by atomic mass is 9.87. The SMILES string of the molecule is CC(C)(CCCOc1cc([N+](=O)[O-])ccc1Br)C(=N)N. The molecule has 1 aromatic carbocycles. The topological polar surface area (TPSA) is 102 Å². The van der Waals surface area contributed by atoms with Crippen LogP contribution in [-0.2, 0) is 0 Å². The van der Waals surface area contributed by atoms with Gasteiger partial charge in [-0.25, -0.2) is 0 Å². The van der Waals surface area contributed by atoms with Gasteiger partial charge in [0.15, 0.2) is 0 Å². The Balaban J connectivity index is 2.56. The zero-order valence-corrected chi connectivity index (χ0v) is 13.1. The predicted octanol–water partition coefficient (Wildman–Crippen LogP) is 3.48. The molecular weight excluding hydrogens is 326 g/mol. The largest absolute Gasteiger partial charge is 0.492 e. The Morgan fingerprint density at radius 1 is 1.55 bits per heavy atom. The molecule has 7 heteroatoms. The minimum absolute atomic E-state index is 0.00716. The van der Waals surface area contributed by atoms with Crippen LogP contribution in [-0.4, -0.2) is 17.4 Å². The number of nitrogens with one attached hydrogen (secondary N) is 1. The number of benzene rings is 1. The van der Waals surface area contributed by atoms with Gasteiger partial charge >= 0.3 is 0 Å². The van der Waals surface area contributed by atoms with Crippen molar-refractivity contribution in [3.05, 3.63) is 32.8 Å². The molecule has 1 aromatic rings. The molecule has 0 aromatic heterocycles. The number of non-ortho nitro benzene ring substituents is 1. The third kappa shape index (κ3) is 4.48. The molecular formula is C13H18BrN3O3. The van der Waals surface area contributed by atoms with Gasteiger partial charge in [-0.3, -0.25) is 15.5 Å². The molecule has 1 rings (SSSR count). The van der Waals surface area contributed by atoms with Crippen molar-refractivity contribution in [1.82, 2.24) is 0 Å².